The number of thiazole rings is 1. The Kier molecular flexibility index (Phi) is 4.77. The molecular weight excluding hydrogens is 304 g/mol. The van der Waals surface area contributed by atoms with Gasteiger partial charge in [-0.2, -0.15) is 0 Å². The van der Waals surface area contributed by atoms with Crippen LogP contribution < -0.4 is 15.2 Å². The van der Waals surface area contributed by atoms with E-state index in [0.29, 0.717) is 22.1 Å². The third-order valence-corrected chi connectivity index (χ3v) is 4.45. The number of methoxy groups -OCH3 is 1. The Bertz CT molecular complexity index is 711. The van der Waals surface area contributed by atoms with Gasteiger partial charge in [0.1, 0.15) is 10.8 Å². The molecule has 1 aromatic carbocycles. The number of ether oxygens (including phenoxy) is 1. The van der Waals surface area contributed by atoms with Crippen molar-refractivity contribution in [3.05, 3.63) is 39.8 Å². The van der Waals surface area contributed by atoms with E-state index >= 15 is 0 Å². The van der Waals surface area contributed by atoms with Crippen molar-refractivity contribution in [1.82, 2.24) is 4.98 Å². The van der Waals surface area contributed by atoms with Gasteiger partial charge in [-0.05, 0) is 26.0 Å². The molecule has 1 heterocycles. The molecule has 116 valence electrons. The van der Waals surface area contributed by atoms with E-state index in [1.165, 1.54) is 7.11 Å². The minimum atomic E-state index is -1.28. The number of carbonyl (C=O) groups is 2. The van der Waals surface area contributed by atoms with E-state index in [2.05, 4.69) is 10.3 Å². The Morgan fingerprint density at radius 1 is 1.36 bits per heavy atom. The minimum Gasteiger partial charge on any atom is -0.544 e. The Morgan fingerprint density at radius 2 is 2.05 bits per heavy atom. The highest BCUT2D eigenvalue weighted by Gasteiger charge is 2.21. The summed E-state index contributed by atoms with van der Waals surface area (Å²) in [6, 6.07) is 7.05. The molecule has 0 fully saturated rings. The number of rotatable bonds is 5. The summed E-state index contributed by atoms with van der Waals surface area (Å²) in [4.78, 5) is 27.4. The van der Waals surface area contributed by atoms with E-state index in [1.54, 1.807) is 38.1 Å². The second-order valence-electron chi connectivity index (χ2n) is 4.67. The predicted molar refractivity (Wildman–Crippen MR) is 81.2 cm³/mol. The molecule has 2 aromatic rings. The molecule has 0 unspecified atom stereocenters. The van der Waals surface area contributed by atoms with Crippen LogP contribution in [0.4, 0.5) is 5.69 Å². The van der Waals surface area contributed by atoms with Crippen LogP contribution in [0.3, 0.4) is 0 Å². The predicted octanol–water partition coefficient (Wildman–Crippen LogP) is 1.57. The zero-order valence-electron chi connectivity index (χ0n) is 12.4. The molecule has 1 N–H and O–H groups in total. The van der Waals surface area contributed by atoms with E-state index in [0.717, 1.165) is 11.3 Å². The molecule has 0 bridgehead atoms. The van der Waals surface area contributed by atoms with Crippen molar-refractivity contribution in [2.24, 2.45) is 0 Å². The van der Waals surface area contributed by atoms with E-state index in [4.69, 9.17) is 4.74 Å². The van der Waals surface area contributed by atoms with Crippen LogP contribution in [0, 0.1) is 6.92 Å². The Balaban J connectivity index is 2.19. The van der Waals surface area contributed by atoms with E-state index < -0.39 is 11.9 Å². The monoisotopic (exact) mass is 319 g/mol. The second-order valence-corrected chi connectivity index (χ2v) is 5.70. The van der Waals surface area contributed by atoms with E-state index in [-0.39, 0.29) is 10.8 Å². The zero-order chi connectivity index (χ0) is 16.3. The third-order valence-electron chi connectivity index (χ3n) is 3.13. The smallest absolute Gasteiger partial charge is 0.234 e. The van der Waals surface area contributed by atoms with Gasteiger partial charge in [-0.1, -0.05) is 12.1 Å². The number of aromatic carboxylic acids is 1. The van der Waals surface area contributed by atoms with Crippen LogP contribution in [0.5, 0.6) is 5.75 Å². The maximum absolute atomic E-state index is 12.3. The maximum atomic E-state index is 12.3. The van der Waals surface area contributed by atoms with Crippen LogP contribution in [0.25, 0.3) is 0 Å². The normalized spacial score (nSPS) is 11.8. The minimum absolute atomic E-state index is 0.0481. The molecule has 7 heteroatoms. The van der Waals surface area contributed by atoms with Crippen LogP contribution in [0.1, 0.15) is 33.2 Å². The van der Waals surface area contributed by atoms with Crippen molar-refractivity contribution < 1.29 is 19.4 Å². The number of nitrogens with zero attached hydrogens (tertiary/aromatic N) is 1. The van der Waals surface area contributed by atoms with Crippen molar-refractivity contribution in [3.63, 3.8) is 0 Å². The number of benzene rings is 1. The number of carbonyl (C=O) groups excluding carboxylic acids is 2. The van der Waals surface area contributed by atoms with Gasteiger partial charge in [0, 0.05) is 0 Å². The van der Waals surface area contributed by atoms with Gasteiger partial charge in [0.05, 0.1) is 35.3 Å². The number of para-hydroxylation sites is 2. The van der Waals surface area contributed by atoms with Gasteiger partial charge in [-0.25, -0.2) is 4.98 Å². The number of aromatic nitrogens is 1. The fraction of sp³-hybridized carbons (Fsp3) is 0.267. The maximum Gasteiger partial charge on any atom is 0.234 e. The standard InChI is InChI=1S/C15H16N2O4S/c1-8(14-16-9(2)12(22-14)15(19)20)13(18)17-10-6-4-5-7-11(10)21-3/h4-8H,1-3H3,(H,17,18)(H,19,20)/p-1/t8-/m1/s1. The lowest BCUT2D eigenvalue weighted by atomic mass is 10.1. The summed E-state index contributed by atoms with van der Waals surface area (Å²) < 4.78 is 5.17. The second kappa shape index (κ2) is 6.57. The summed E-state index contributed by atoms with van der Waals surface area (Å²) in [5.41, 5.74) is 0.909. The summed E-state index contributed by atoms with van der Waals surface area (Å²) in [5.74, 6) is -1.60. The van der Waals surface area contributed by atoms with Crippen LogP contribution in [0.2, 0.25) is 0 Å². The molecule has 2 rings (SSSR count). The first kappa shape index (κ1) is 16.0. The highest BCUT2D eigenvalue weighted by molar-refractivity contribution is 7.13. The largest absolute Gasteiger partial charge is 0.544 e. The summed E-state index contributed by atoms with van der Waals surface area (Å²) >= 11 is 0.959. The molecule has 1 atom stereocenters. The molecule has 1 amide bonds. The summed E-state index contributed by atoms with van der Waals surface area (Å²) in [5, 5.41) is 14.1. The van der Waals surface area contributed by atoms with Crippen LogP contribution in [-0.2, 0) is 4.79 Å². The quantitative estimate of drug-likeness (QED) is 0.903. The first-order valence-corrected chi connectivity index (χ1v) is 7.38. The van der Waals surface area contributed by atoms with Crippen LogP contribution >= 0.6 is 11.3 Å². The number of hydrogen-bond acceptors (Lipinski definition) is 6. The lowest BCUT2D eigenvalue weighted by Gasteiger charge is -2.12. The fourth-order valence-electron chi connectivity index (χ4n) is 1.89. The van der Waals surface area contributed by atoms with Crippen molar-refractivity contribution in [3.8, 4) is 5.75 Å². The number of nitrogens with one attached hydrogen (secondary N) is 1. The molecule has 6 nitrogen and oxygen atoms in total. The average Bonchev–Trinajstić information content (AvgIpc) is 2.89. The molecule has 0 saturated heterocycles. The number of hydrogen-bond donors (Lipinski definition) is 1. The topological polar surface area (TPSA) is 91.3 Å². The van der Waals surface area contributed by atoms with E-state index in [1.807, 2.05) is 0 Å². The molecule has 0 aliphatic carbocycles. The van der Waals surface area contributed by atoms with Crippen LogP contribution in [-0.4, -0.2) is 24.0 Å². The fourth-order valence-corrected chi connectivity index (χ4v) is 2.85. The Morgan fingerprint density at radius 3 is 2.64 bits per heavy atom. The molecule has 0 aliphatic rings. The lowest BCUT2D eigenvalue weighted by Crippen LogP contribution is -2.21. The van der Waals surface area contributed by atoms with Gasteiger partial charge < -0.3 is 20.0 Å². The first-order valence-electron chi connectivity index (χ1n) is 6.56. The number of carboxylic acids is 1. The molecule has 0 spiro atoms. The number of amides is 1. The molecule has 0 saturated carbocycles. The van der Waals surface area contributed by atoms with Crippen LogP contribution in [0.15, 0.2) is 24.3 Å². The van der Waals surface area contributed by atoms with Gasteiger partial charge >= 0.3 is 0 Å². The van der Waals surface area contributed by atoms with Gasteiger partial charge in [-0.15, -0.1) is 11.3 Å². The first-order chi connectivity index (χ1) is 10.4. The van der Waals surface area contributed by atoms with Gasteiger partial charge in [-0.3, -0.25) is 4.79 Å². The van der Waals surface area contributed by atoms with E-state index in [9.17, 15) is 14.7 Å². The third kappa shape index (κ3) is 3.25. The van der Waals surface area contributed by atoms with Crippen molar-refractivity contribution >= 4 is 28.9 Å². The zero-order valence-corrected chi connectivity index (χ0v) is 13.2. The molecule has 0 radical (unpaired) electrons. The van der Waals surface area contributed by atoms with Gasteiger partial charge in [0.15, 0.2) is 0 Å². The summed E-state index contributed by atoms with van der Waals surface area (Å²) in [7, 11) is 1.52. The van der Waals surface area contributed by atoms with Gasteiger partial charge in [0.2, 0.25) is 5.91 Å². The summed E-state index contributed by atoms with van der Waals surface area (Å²) in [6.45, 7) is 3.25. The highest BCUT2D eigenvalue weighted by Crippen LogP contribution is 2.28. The number of aryl methyl sites for hydroxylation is 1. The highest BCUT2D eigenvalue weighted by atomic mass is 32.1. The molecule has 22 heavy (non-hydrogen) atoms. The van der Waals surface area contributed by atoms with Crippen molar-refractivity contribution in [2.45, 2.75) is 19.8 Å². The van der Waals surface area contributed by atoms with Crippen molar-refractivity contribution in [2.75, 3.05) is 12.4 Å². The van der Waals surface area contributed by atoms with Gasteiger partial charge in [0.25, 0.3) is 0 Å². The Labute approximate surface area is 131 Å². The van der Waals surface area contributed by atoms with Crippen molar-refractivity contribution in [1.29, 1.82) is 0 Å². The summed E-state index contributed by atoms with van der Waals surface area (Å²) in [6.07, 6.45) is 0. The Hall–Kier alpha value is -2.41. The molecule has 1 aromatic heterocycles. The lowest BCUT2D eigenvalue weighted by molar-refractivity contribution is -0.254. The average molecular weight is 319 g/mol. The number of anilines is 1. The molecular formula is C15H15N2O4S-. The molecule has 0 aliphatic heterocycles. The SMILES string of the molecule is COc1ccccc1NC(=O)[C@@H](C)c1nc(C)c(C(=O)[O-])s1. The number of carboxylic acid groups (broad SMARTS) is 1.